The zero-order valence-corrected chi connectivity index (χ0v) is 16.6. The van der Waals surface area contributed by atoms with Crippen LogP contribution in [0.5, 0.6) is 0 Å². The SMILES string of the molecule is CCC(=O)Nc1cccc(NC(=O)c2ccc(CN(CC)CC)cc2)c1C. The molecule has 0 aliphatic heterocycles. The smallest absolute Gasteiger partial charge is 0.255 e. The Labute approximate surface area is 161 Å². The summed E-state index contributed by atoms with van der Waals surface area (Å²) in [5.41, 5.74) is 4.05. The van der Waals surface area contributed by atoms with Crippen LogP contribution in [0.15, 0.2) is 42.5 Å². The van der Waals surface area contributed by atoms with Gasteiger partial charge in [-0.25, -0.2) is 0 Å². The lowest BCUT2D eigenvalue weighted by Crippen LogP contribution is -2.22. The van der Waals surface area contributed by atoms with Crippen LogP contribution in [0.1, 0.15) is 48.7 Å². The van der Waals surface area contributed by atoms with Crippen molar-refractivity contribution in [1.29, 1.82) is 0 Å². The van der Waals surface area contributed by atoms with Crippen molar-refractivity contribution in [1.82, 2.24) is 4.90 Å². The minimum atomic E-state index is -0.161. The molecule has 2 rings (SSSR count). The van der Waals surface area contributed by atoms with Crippen molar-refractivity contribution in [2.45, 2.75) is 40.7 Å². The number of carbonyl (C=O) groups excluding carboxylic acids is 2. The molecule has 0 unspecified atom stereocenters. The zero-order valence-electron chi connectivity index (χ0n) is 16.6. The van der Waals surface area contributed by atoms with Gasteiger partial charge in [0.2, 0.25) is 5.91 Å². The molecule has 0 aliphatic rings. The lowest BCUT2D eigenvalue weighted by atomic mass is 10.1. The van der Waals surface area contributed by atoms with Crippen LogP contribution < -0.4 is 10.6 Å². The third kappa shape index (κ3) is 5.66. The fraction of sp³-hybridized carbons (Fsp3) is 0.364. The van der Waals surface area contributed by atoms with Gasteiger partial charge in [-0.05, 0) is 55.4 Å². The van der Waals surface area contributed by atoms with Gasteiger partial charge in [0, 0.05) is 29.9 Å². The number of anilines is 2. The van der Waals surface area contributed by atoms with Crippen molar-refractivity contribution in [2.75, 3.05) is 23.7 Å². The van der Waals surface area contributed by atoms with Gasteiger partial charge in [-0.1, -0.05) is 39.0 Å². The van der Waals surface area contributed by atoms with Crippen LogP contribution >= 0.6 is 0 Å². The number of nitrogens with one attached hydrogen (secondary N) is 2. The van der Waals surface area contributed by atoms with Crippen LogP contribution in [0, 0.1) is 6.92 Å². The van der Waals surface area contributed by atoms with Crippen molar-refractivity contribution < 1.29 is 9.59 Å². The molecule has 0 radical (unpaired) electrons. The Bertz CT molecular complexity index is 781. The molecule has 5 nitrogen and oxygen atoms in total. The average molecular weight is 367 g/mol. The zero-order chi connectivity index (χ0) is 19.8. The third-order valence-electron chi connectivity index (χ3n) is 4.69. The predicted octanol–water partition coefficient (Wildman–Crippen LogP) is 4.44. The Morgan fingerprint density at radius 1 is 0.889 bits per heavy atom. The van der Waals surface area contributed by atoms with Crippen LogP contribution in [0.25, 0.3) is 0 Å². The summed E-state index contributed by atoms with van der Waals surface area (Å²) in [5, 5.41) is 5.80. The molecule has 144 valence electrons. The first-order chi connectivity index (χ1) is 13.0. The van der Waals surface area contributed by atoms with E-state index in [0.717, 1.165) is 25.2 Å². The fourth-order valence-electron chi connectivity index (χ4n) is 2.81. The highest BCUT2D eigenvalue weighted by atomic mass is 16.2. The highest BCUT2D eigenvalue weighted by molar-refractivity contribution is 6.05. The molecule has 0 bridgehead atoms. The standard InChI is InChI=1S/C22H29N3O2/c1-5-21(26)23-19-9-8-10-20(16(19)4)24-22(27)18-13-11-17(12-14-18)15-25(6-2)7-3/h8-14H,5-7,15H2,1-4H3,(H,23,26)(H,24,27). The summed E-state index contributed by atoms with van der Waals surface area (Å²) in [7, 11) is 0. The molecule has 2 amide bonds. The molecular weight excluding hydrogens is 338 g/mol. The lowest BCUT2D eigenvalue weighted by Gasteiger charge is -2.18. The van der Waals surface area contributed by atoms with Gasteiger partial charge in [-0.15, -0.1) is 0 Å². The largest absolute Gasteiger partial charge is 0.326 e. The topological polar surface area (TPSA) is 61.4 Å². The van der Waals surface area contributed by atoms with E-state index in [4.69, 9.17) is 0 Å². The van der Waals surface area contributed by atoms with E-state index in [2.05, 4.69) is 29.4 Å². The Morgan fingerprint density at radius 2 is 1.48 bits per heavy atom. The average Bonchev–Trinajstić information content (AvgIpc) is 2.69. The number of benzene rings is 2. The molecule has 0 heterocycles. The van der Waals surface area contributed by atoms with E-state index < -0.39 is 0 Å². The summed E-state index contributed by atoms with van der Waals surface area (Å²) in [4.78, 5) is 26.6. The van der Waals surface area contributed by atoms with Crippen molar-refractivity contribution >= 4 is 23.2 Å². The Morgan fingerprint density at radius 3 is 2.04 bits per heavy atom. The second-order valence-corrected chi connectivity index (χ2v) is 6.49. The first-order valence-electron chi connectivity index (χ1n) is 9.50. The van der Waals surface area contributed by atoms with E-state index in [1.165, 1.54) is 5.56 Å². The van der Waals surface area contributed by atoms with E-state index >= 15 is 0 Å². The van der Waals surface area contributed by atoms with Crippen LogP contribution in [-0.4, -0.2) is 29.8 Å². The predicted molar refractivity (Wildman–Crippen MR) is 111 cm³/mol. The molecule has 2 aromatic rings. The molecule has 0 aromatic heterocycles. The van der Waals surface area contributed by atoms with Crippen LogP contribution in [0.3, 0.4) is 0 Å². The van der Waals surface area contributed by atoms with E-state index in [1.807, 2.05) is 49.4 Å². The fourth-order valence-corrected chi connectivity index (χ4v) is 2.81. The molecule has 2 N–H and O–H groups in total. The number of nitrogens with zero attached hydrogens (tertiary/aromatic N) is 1. The molecule has 0 saturated carbocycles. The summed E-state index contributed by atoms with van der Waals surface area (Å²) in [6, 6.07) is 13.2. The van der Waals surface area contributed by atoms with Crippen LogP contribution in [0.2, 0.25) is 0 Å². The summed E-state index contributed by atoms with van der Waals surface area (Å²) in [6.07, 6.45) is 0.413. The summed E-state index contributed by atoms with van der Waals surface area (Å²) in [5.74, 6) is -0.211. The van der Waals surface area contributed by atoms with Gasteiger partial charge in [0.25, 0.3) is 5.91 Å². The van der Waals surface area contributed by atoms with Gasteiger partial charge >= 0.3 is 0 Å². The van der Waals surface area contributed by atoms with Crippen LogP contribution in [-0.2, 0) is 11.3 Å². The summed E-state index contributed by atoms with van der Waals surface area (Å²) < 4.78 is 0. The molecule has 0 aliphatic carbocycles. The Balaban J connectivity index is 2.09. The van der Waals surface area contributed by atoms with Crippen molar-refractivity contribution in [3.05, 3.63) is 59.2 Å². The summed E-state index contributed by atoms with van der Waals surface area (Å²) in [6.45, 7) is 10.9. The number of rotatable bonds is 8. The van der Waals surface area contributed by atoms with E-state index in [9.17, 15) is 9.59 Å². The van der Waals surface area contributed by atoms with Gasteiger partial charge < -0.3 is 10.6 Å². The third-order valence-corrected chi connectivity index (χ3v) is 4.69. The number of amides is 2. The molecule has 27 heavy (non-hydrogen) atoms. The number of hydrogen-bond donors (Lipinski definition) is 2. The number of hydrogen-bond acceptors (Lipinski definition) is 3. The Hall–Kier alpha value is -2.66. The van der Waals surface area contributed by atoms with Crippen molar-refractivity contribution in [2.24, 2.45) is 0 Å². The minimum absolute atomic E-state index is 0.0506. The van der Waals surface area contributed by atoms with Gasteiger partial charge in [-0.2, -0.15) is 0 Å². The van der Waals surface area contributed by atoms with Crippen LogP contribution in [0.4, 0.5) is 11.4 Å². The van der Waals surface area contributed by atoms with Gasteiger partial charge in [0.1, 0.15) is 0 Å². The quantitative estimate of drug-likeness (QED) is 0.725. The highest BCUT2D eigenvalue weighted by Gasteiger charge is 2.11. The maximum Gasteiger partial charge on any atom is 0.255 e. The molecule has 0 fully saturated rings. The van der Waals surface area contributed by atoms with Gasteiger partial charge in [0.05, 0.1) is 0 Å². The molecule has 2 aromatic carbocycles. The second-order valence-electron chi connectivity index (χ2n) is 6.49. The molecular formula is C22H29N3O2. The molecule has 5 heteroatoms. The van der Waals surface area contributed by atoms with E-state index in [-0.39, 0.29) is 11.8 Å². The monoisotopic (exact) mass is 367 g/mol. The normalized spacial score (nSPS) is 10.7. The molecule has 0 atom stereocenters. The molecule has 0 spiro atoms. The Kier molecular flexibility index (Phi) is 7.55. The van der Waals surface area contributed by atoms with Crippen molar-refractivity contribution in [3.8, 4) is 0 Å². The second kappa shape index (κ2) is 9.88. The first kappa shape index (κ1) is 20.6. The van der Waals surface area contributed by atoms with E-state index in [0.29, 0.717) is 23.4 Å². The first-order valence-corrected chi connectivity index (χ1v) is 9.50. The van der Waals surface area contributed by atoms with Gasteiger partial charge in [-0.3, -0.25) is 14.5 Å². The van der Waals surface area contributed by atoms with Gasteiger partial charge in [0.15, 0.2) is 0 Å². The van der Waals surface area contributed by atoms with E-state index in [1.54, 1.807) is 6.92 Å². The number of carbonyl (C=O) groups is 2. The maximum absolute atomic E-state index is 12.6. The minimum Gasteiger partial charge on any atom is -0.326 e. The maximum atomic E-state index is 12.6. The summed E-state index contributed by atoms with van der Waals surface area (Å²) >= 11 is 0. The highest BCUT2D eigenvalue weighted by Crippen LogP contribution is 2.24. The molecule has 0 saturated heterocycles. The lowest BCUT2D eigenvalue weighted by molar-refractivity contribution is -0.115. The van der Waals surface area contributed by atoms with Crippen molar-refractivity contribution in [3.63, 3.8) is 0 Å².